The van der Waals surface area contributed by atoms with E-state index in [1.807, 2.05) is 0 Å². The lowest BCUT2D eigenvalue weighted by molar-refractivity contribution is -0.149. The zero-order chi connectivity index (χ0) is 12.7. The van der Waals surface area contributed by atoms with Gasteiger partial charge in [-0.15, -0.1) is 0 Å². The van der Waals surface area contributed by atoms with E-state index in [9.17, 15) is 9.90 Å². The molecule has 1 aliphatic heterocycles. The van der Waals surface area contributed by atoms with Gasteiger partial charge >= 0.3 is 5.97 Å². The number of carboxylic acid groups (broad SMARTS) is 1. The van der Waals surface area contributed by atoms with Crippen LogP contribution in [0.15, 0.2) is 0 Å². The first-order valence-corrected chi connectivity index (χ1v) is 6.69. The minimum Gasteiger partial charge on any atom is -0.480 e. The van der Waals surface area contributed by atoms with E-state index in [1.165, 1.54) is 12.8 Å². The van der Waals surface area contributed by atoms with Crippen molar-refractivity contribution in [3.8, 4) is 0 Å². The minimum absolute atomic E-state index is 0.260. The highest BCUT2D eigenvalue weighted by molar-refractivity contribution is 5.79. The van der Waals surface area contributed by atoms with Crippen molar-refractivity contribution < 1.29 is 14.6 Å². The molecule has 2 N–H and O–H groups in total. The Balaban J connectivity index is 2.45. The molecule has 0 spiro atoms. The van der Waals surface area contributed by atoms with Crippen LogP contribution in [0.4, 0.5) is 0 Å². The Kier molecular flexibility index (Phi) is 5.92. The molecule has 0 aromatic heterocycles. The summed E-state index contributed by atoms with van der Waals surface area (Å²) in [6, 6.07) is 0.260. The van der Waals surface area contributed by atoms with Crippen LogP contribution >= 0.6 is 0 Å². The lowest BCUT2D eigenvalue weighted by Gasteiger charge is -2.36. The molecule has 17 heavy (non-hydrogen) atoms. The maximum Gasteiger partial charge on any atom is 0.324 e. The quantitative estimate of drug-likeness (QED) is 0.673. The fourth-order valence-corrected chi connectivity index (χ4v) is 2.38. The van der Waals surface area contributed by atoms with Crippen molar-refractivity contribution in [2.24, 2.45) is 0 Å². The smallest absolute Gasteiger partial charge is 0.324 e. The zero-order valence-corrected chi connectivity index (χ0v) is 11.0. The molecule has 0 aliphatic carbocycles. The topological polar surface area (TPSA) is 58.6 Å². The van der Waals surface area contributed by atoms with Crippen LogP contribution in [-0.2, 0) is 9.53 Å². The number of rotatable bonds is 7. The van der Waals surface area contributed by atoms with Gasteiger partial charge < -0.3 is 9.84 Å². The largest absolute Gasteiger partial charge is 0.480 e. The van der Waals surface area contributed by atoms with Gasteiger partial charge in [0.1, 0.15) is 5.54 Å². The molecule has 1 fully saturated rings. The van der Waals surface area contributed by atoms with Crippen LogP contribution in [0.2, 0.25) is 0 Å². The Morgan fingerprint density at radius 3 is 2.59 bits per heavy atom. The number of unbranched alkanes of at least 4 members (excludes halogenated alkanes) is 2. The van der Waals surface area contributed by atoms with Gasteiger partial charge in [-0.05, 0) is 26.2 Å². The van der Waals surface area contributed by atoms with E-state index in [4.69, 9.17) is 4.74 Å². The number of hydrogen-bond donors (Lipinski definition) is 2. The SMILES string of the molecule is CCCCCC(C)NC1(C(=O)O)CCOCC1. The van der Waals surface area contributed by atoms with Gasteiger partial charge in [-0.3, -0.25) is 10.1 Å². The van der Waals surface area contributed by atoms with E-state index in [2.05, 4.69) is 19.2 Å². The van der Waals surface area contributed by atoms with E-state index >= 15 is 0 Å². The highest BCUT2D eigenvalue weighted by Crippen LogP contribution is 2.22. The Hall–Kier alpha value is -0.610. The molecule has 0 aromatic carbocycles. The Bertz CT molecular complexity index is 237. The normalized spacial score (nSPS) is 21.1. The van der Waals surface area contributed by atoms with Crippen molar-refractivity contribution in [1.82, 2.24) is 5.32 Å². The molecule has 1 atom stereocenters. The summed E-state index contributed by atoms with van der Waals surface area (Å²) in [5.74, 6) is -0.733. The second-order valence-corrected chi connectivity index (χ2v) is 5.04. The predicted octanol–water partition coefficient (Wildman–Crippen LogP) is 2.18. The third kappa shape index (κ3) is 4.28. The molecular formula is C13H25NO3. The number of hydrogen-bond acceptors (Lipinski definition) is 3. The Morgan fingerprint density at radius 2 is 2.06 bits per heavy atom. The molecule has 1 rings (SSSR count). The summed E-state index contributed by atoms with van der Waals surface area (Å²) in [5.41, 5.74) is -0.760. The van der Waals surface area contributed by atoms with Crippen LogP contribution < -0.4 is 5.32 Å². The molecule has 4 nitrogen and oxygen atoms in total. The summed E-state index contributed by atoms with van der Waals surface area (Å²) < 4.78 is 5.25. The average molecular weight is 243 g/mol. The molecule has 1 unspecified atom stereocenters. The average Bonchev–Trinajstić information content (AvgIpc) is 2.30. The zero-order valence-electron chi connectivity index (χ0n) is 11.0. The lowest BCUT2D eigenvalue weighted by atomic mass is 9.88. The minimum atomic E-state index is -0.760. The summed E-state index contributed by atoms with van der Waals surface area (Å²) in [4.78, 5) is 11.4. The molecule has 0 aromatic rings. The number of aliphatic carboxylic acids is 1. The molecular weight excluding hydrogens is 218 g/mol. The van der Waals surface area contributed by atoms with Gasteiger partial charge in [0.05, 0.1) is 0 Å². The number of nitrogens with one attached hydrogen (secondary N) is 1. The van der Waals surface area contributed by atoms with Gasteiger partial charge in [-0.1, -0.05) is 26.2 Å². The maximum absolute atomic E-state index is 11.4. The van der Waals surface area contributed by atoms with Crippen LogP contribution in [0.3, 0.4) is 0 Å². The van der Waals surface area contributed by atoms with E-state index < -0.39 is 11.5 Å². The summed E-state index contributed by atoms with van der Waals surface area (Å²) in [7, 11) is 0. The summed E-state index contributed by atoms with van der Waals surface area (Å²) in [5, 5.41) is 12.7. The van der Waals surface area contributed by atoms with Gasteiger partial charge in [-0.2, -0.15) is 0 Å². The van der Waals surface area contributed by atoms with Crippen LogP contribution in [0, 0.1) is 0 Å². The van der Waals surface area contributed by atoms with Gasteiger partial charge in [-0.25, -0.2) is 0 Å². The predicted molar refractivity (Wildman–Crippen MR) is 67.2 cm³/mol. The van der Waals surface area contributed by atoms with Gasteiger partial charge in [0.25, 0.3) is 0 Å². The van der Waals surface area contributed by atoms with Crippen molar-refractivity contribution in [2.45, 2.75) is 64.0 Å². The van der Waals surface area contributed by atoms with Crippen molar-refractivity contribution >= 4 is 5.97 Å². The van der Waals surface area contributed by atoms with Crippen molar-refractivity contribution in [1.29, 1.82) is 0 Å². The monoisotopic (exact) mass is 243 g/mol. The van der Waals surface area contributed by atoms with Gasteiger partial charge in [0.2, 0.25) is 0 Å². The highest BCUT2D eigenvalue weighted by atomic mass is 16.5. The fourth-order valence-electron chi connectivity index (χ4n) is 2.38. The van der Waals surface area contributed by atoms with Crippen molar-refractivity contribution in [3.05, 3.63) is 0 Å². The number of carbonyl (C=O) groups is 1. The first-order chi connectivity index (χ1) is 8.10. The highest BCUT2D eigenvalue weighted by Gasteiger charge is 2.40. The molecule has 0 radical (unpaired) electrons. The van der Waals surface area contributed by atoms with E-state index in [-0.39, 0.29) is 6.04 Å². The summed E-state index contributed by atoms with van der Waals surface area (Å²) in [6.45, 7) is 5.34. The van der Waals surface area contributed by atoms with Crippen LogP contribution in [0.5, 0.6) is 0 Å². The second kappa shape index (κ2) is 6.97. The molecule has 0 bridgehead atoms. The van der Waals surface area contributed by atoms with Crippen molar-refractivity contribution in [3.63, 3.8) is 0 Å². The summed E-state index contributed by atoms with van der Waals surface area (Å²) in [6.07, 6.45) is 5.77. The second-order valence-electron chi connectivity index (χ2n) is 5.04. The van der Waals surface area contributed by atoms with Crippen molar-refractivity contribution in [2.75, 3.05) is 13.2 Å². The summed E-state index contributed by atoms with van der Waals surface area (Å²) >= 11 is 0. The Morgan fingerprint density at radius 1 is 1.41 bits per heavy atom. The molecule has 0 amide bonds. The first kappa shape index (κ1) is 14.5. The van der Waals surface area contributed by atoms with Gasteiger partial charge in [0.15, 0.2) is 0 Å². The molecule has 0 saturated carbocycles. The molecule has 1 heterocycles. The molecule has 1 saturated heterocycles. The lowest BCUT2D eigenvalue weighted by Crippen LogP contribution is -2.58. The van der Waals surface area contributed by atoms with Crippen LogP contribution in [0.1, 0.15) is 52.4 Å². The molecule has 4 heteroatoms. The van der Waals surface area contributed by atoms with Crippen LogP contribution in [0.25, 0.3) is 0 Å². The van der Waals surface area contributed by atoms with E-state index in [1.54, 1.807) is 0 Å². The van der Waals surface area contributed by atoms with Gasteiger partial charge in [0, 0.05) is 19.3 Å². The standard InChI is InChI=1S/C13H25NO3/c1-3-4-5-6-11(2)14-13(12(15)16)7-9-17-10-8-13/h11,14H,3-10H2,1-2H3,(H,15,16). The first-order valence-electron chi connectivity index (χ1n) is 6.69. The maximum atomic E-state index is 11.4. The van der Waals surface area contributed by atoms with Crippen LogP contribution in [-0.4, -0.2) is 35.9 Å². The van der Waals surface area contributed by atoms with E-state index in [0.717, 1.165) is 12.8 Å². The molecule has 100 valence electrons. The fraction of sp³-hybridized carbons (Fsp3) is 0.923. The number of ether oxygens (including phenoxy) is 1. The third-order valence-electron chi connectivity index (χ3n) is 3.52. The third-order valence-corrected chi connectivity index (χ3v) is 3.52. The molecule has 1 aliphatic rings. The van der Waals surface area contributed by atoms with E-state index in [0.29, 0.717) is 26.1 Å². The number of carboxylic acids is 1. The Labute approximate surface area is 104 Å².